The molecule has 0 aliphatic carbocycles. The molecule has 0 amide bonds. The molecular weight excluding hydrogens is 409 g/mol. The summed E-state index contributed by atoms with van der Waals surface area (Å²) in [4.78, 5) is 5.30. The molecule has 3 aromatic rings. The third-order valence-corrected chi connectivity index (χ3v) is 5.45. The number of alkyl halides is 3. The Morgan fingerprint density at radius 1 is 1.14 bits per heavy atom. The highest BCUT2D eigenvalue weighted by molar-refractivity contribution is 7.90. The molecule has 2 heterocycles. The monoisotopic (exact) mass is 426 g/mol. The fourth-order valence-electron chi connectivity index (χ4n) is 2.48. The van der Waals surface area contributed by atoms with Gasteiger partial charge < -0.3 is 9.42 Å². The first kappa shape index (κ1) is 20.8. The van der Waals surface area contributed by atoms with Gasteiger partial charge in [-0.2, -0.15) is 18.2 Å². The average Bonchev–Trinajstić information content (AvgIpc) is 3.29. The van der Waals surface area contributed by atoms with E-state index in [0.717, 1.165) is 9.54 Å². The summed E-state index contributed by atoms with van der Waals surface area (Å²) in [6.45, 7) is 0.685. The first-order valence-electron chi connectivity index (χ1n) is 8.32. The van der Waals surface area contributed by atoms with Crippen molar-refractivity contribution in [1.29, 1.82) is 0 Å². The van der Waals surface area contributed by atoms with Gasteiger partial charge in [-0.25, -0.2) is 12.4 Å². The molecular formula is C18H17F3N4O3S. The summed E-state index contributed by atoms with van der Waals surface area (Å²) in [5.41, 5.74) is 1.42. The lowest BCUT2D eigenvalue weighted by Crippen LogP contribution is -2.12. The molecule has 0 saturated heterocycles. The molecule has 154 valence electrons. The molecule has 0 aliphatic rings. The molecule has 11 heteroatoms. The van der Waals surface area contributed by atoms with Gasteiger partial charge >= 0.3 is 12.1 Å². The van der Waals surface area contributed by atoms with E-state index in [1.165, 1.54) is 42.7 Å². The minimum atomic E-state index is -4.72. The maximum atomic E-state index is 12.7. The minimum Gasteiger partial charge on any atom is -0.329 e. The summed E-state index contributed by atoms with van der Waals surface area (Å²) in [6.07, 6.45) is 0.543. The van der Waals surface area contributed by atoms with Gasteiger partial charge in [0.1, 0.15) is 0 Å². The van der Waals surface area contributed by atoms with Gasteiger partial charge in [-0.15, -0.1) is 0 Å². The van der Waals surface area contributed by atoms with E-state index in [2.05, 4.69) is 14.7 Å². The lowest BCUT2D eigenvalue weighted by Gasteiger charge is -2.10. The van der Waals surface area contributed by atoms with Crippen LogP contribution in [0.5, 0.6) is 0 Å². The van der Waals surface area contributed by atoms with Crippen LogP contribution < -0.4 is 0 Å². The normalized spacial score (nSPS) is 12.9. The van der Waals surface area contributed by atoms with E-state index in [4.69, 9.17) is 0 Å². The van der Waals surface area contributed by atoms with Crippen molar-refractivity contribution < 1.29 is 26.1 Å². The zero-order chi connectivity index (χ0) is 21.2. The molecule has 0 N–H and O–H groups in total. The second kappa shape index (κ2) is 7.84. The second-order valence-corrected chi connectivity index (χ2v) is 8.29. The van der Waals surface area contributed by atoms with Crippen molar-refractivity contribution in [2.24, 2.45) is 0 Å². The van der Waals surface area contributed by atoms with Gasteiger partial charge in [-0.1, -0.05) is 17.3 Å². The van der Waals surface area contributed by atoms with Gasteiger partial charge in [-0.05, 0) is 55.6 Å². The molecule has 0 unspecified atom stereocenters. The quantitative estimate of drug-likeness (QED) is 0.601. The number of benzene rings is 1. The van der Waals surface area contributed by atoms with E-state index < -0.39 is 22.1 Å². The fraction of sp³-hybridized carbons (Fsp3) is 0.222. The highest BCUT2D eigenvalue weighted by Gasteiger charge is 2.38. The average molecular weight is 426 g/mol. The first-order chi connectivity index (χ1) is 13.6. The SMILES string of the molecule is CN(C)Cc1ccc(S(=O)(=O)n2ccc(C=Cc3noc(C(F)(F)F)n3)c2)cc1. The van der Waals surface area contributed by atoms with Crippen LogP contribution in [0.25, 0.3) is 12.2 Å². The standard InChI is InChI=1S/C18H17F3N4O3S/c1-24(2)11-13-3-6-15(7-4-13)29(26,27)25-10-9-14(12-25)5-8-16-22-17(28-23-16)18(19,20)21/h3-10,12H,11H2,1-2H3. The Morgan fingerprint density at radius 2 is 1.83 bits per heavy atom. The Labute approximate surface area is 165 Å². The van der Waals surface area contributed by atoms with Crippen molar-refractivity contribution in [1.82, 2.24) is 19.0 Å². The highest BCUT2D eigenvalue weighted by Crippen LogP contribution is 2.27. The molecule has 2 aromatic heterocycles. The van der Waals surface area contributed by atoms with Gasteiger partial charge in [0.2, 0.25) is 0 Å². The van der Waals surface area contributed by atoms with E-state index in [-0.39, 0.29) is 10.7 Å². The largest absolute Gasteiger partial charge is 0.471 e. The van der Waals surface area contributed by atoms with Gasteiger partial charge in [0.05, 0.1) is 4.90 Å². The molecule has 0 spiro atoms. The lowest BCUT2D eigenvalue weighted by atomic mass is 10.2. The van der Waals surface area contributed by atoms with Crippen molar-refractivity contribution in [2.75, 3.05) is 14.1 Å². The van der Waals surface area contributed by atoms with Crippen molar-refractivity contribution in [3.8, 4) is 0 Å². The van der Waals surface area contributed by atoms with Crippen LogP contribution in [0.15, 0.2) is 52.1 Å². The van der Waals surface area contributed by atoms with E-state index in [1.54, 1.807) is 12.1 Å². The molecule has 0 bridgehead atoms. The zero-order valence-corrected chi connectivity index (χ0v) is 16.3. The maximum absolute atomic E-state index is 12.7. The number of rotatable bonds is 6. The van der Waals surface area contributed by atoms with Crippen LogP contribution in [0.3, 0.4) is 0 Å². The molecule has 7 nitrogen and oxygen atoms in total. The molecule has 0 aliphatic heterocycles. The Balaban J connectivity index is 1.77. The summed E-state index contributed by atoms with van der Waals surface area (Å²) >= 11 is 0. The molecule has 0 radical (unpaired) electrons. The number of nitrogens with zero attached hydrogens (tertiary/aromatic N) is 4. The Kier molecular flexibility index (Phi) is 5.62. The van der Waals surface area contributed by atoms with Crippen LogP contribution in [0.4, 0.5) is 13.2 Å². The van der Waals surface area contributed by atoms with Crippen LogP contribution in [0.1, 0.15) is 22.8 Å². The first-order valence-corrected chi connectivity index (χ1v) is 9.76. The lowest BCUT2D eigenvalue weighted by molar-refractivity contribution is -0.159. The maximum Gasteiger partial charge on any atom is 0.471 e. The molecule has 0 atom stereocenters. The number of hydrogen-bond acceptors (Lipinski definition) is 6. The highest BCUT2D eigenvalue weighted by atomic mass is 32.2. The number of halogens is 3. The minimum absolute atomic E-state index is 0.124. The van der Waals surface area contributed by atoms with Crippen molar-refractivity contribution >= 4 is 22.2 Å². The smallest absolute Gasteiger partial charge is 0.329 e. The summed E-state index contributed by atoms with van der Waals surface area (Å²) in [6, 6.07) is 8.04. The van der Waals surface area contributed by atoms with Gasteiger partial charge in [-0.3, -0.25) is 0 Å². The van der Waals surface area contributed by atoms with Crippen LogP contribution in [0, 0.1) is 0 Å². The zero-order valence-electron chi connectivity index (χ0n) is 15.5. The fourth-order valence-corrected chi connectivity index (χ4v) is 3.69. The third-order valence-electron chi connectivity index (χ3n) is 3.80. The van der Waals surface area contributed by atoms with E-state index >= 15 is 0 Å². The number of hydrogen-bond donors (Lipinski definition) is 0. The van der Waals surface area contributed by atoms with Crippen LogP contribution in [-0.4, -0.2) is 41.5 Å². The predicted octanol–water partition coefficient (Wildman–Crippen LogP) is 3.36. The van der Waals surface area contributed by atoms with E-state index in [1.807, 2.05) is 19.0 Å². The summed E-state index contributed by atoms with van der Waals surface area (Å²) in [7, 11) is 0.0385. The Hall–Kier alpha value is -2.92. The van der Waals surface area contributed by atoms with Crippen molar-refractivity contribution in [3.05, 3.63) is 65.6 Å². The van der Waals surface area contributed by atoms with Crippen LogP contribution >= 0.6 is 0 Å². The Morgan fingerprint density at radius 3 is 2.41 bits per heavy atom. The van der Waals surface area contributed by atoms with Gasteiger partial charge in [0, 0.05) is 18.9 Å². The number of aromatic nitrogens is 3. The van der Waals surface area contributed by atoms with Crippen molar-refractivity contribution in [2.45, 2.75) is 17.6 Å². The molecule has 1 aromatic carbocycles. The van der Waals surface area contributed by atoms with Crippen molar-refractivity contribution in [3.63, 3.8) is 0 Å². The predicted molar refractivity (Wildman–Crippen MR) is 99.1 cm³/mol. The summed E-state index contributed by atoms with van der Waals surface area (Å²) in [5, 5.41) is 3.21. The van der Waals surface area contributed by atoms with Gasteiger partial charge in [0.25, 0.3) is 10.0 Å². The Bertz CT molecular complexity index is 1110. The third kappa shape index (κ3) is 4.93. The second-order valence-electron chi connectivity index (χ2n) is 6.45. The van der Waals surface area contributed by atoms with Gasteiger partial charge in [0.15, 0.2) is 5.82 Å². The van der Waals surface area contributed by atoms with Crippen LogP contribution in [-0.2, 0) is 22.7 Å². The molecule has 0 saturated carbocycles. The van der Waals surface area contributed by atoms with E-state index in [9.17, 15) is 21.6 Å². The topological polar surface area (TPSA) is 81.2 Å². The molecule has 29 heavy (non-hydrogen) atoms. The summed E-state index contributed by atoms with van der Waals surface area (Å²) < 4.78 is 68.0. The molecule has 0 fully saturated rings. The van der Waals surface area contributed by atoms with E-state index in [0.29, 0.717) is 12.1 Å². The molecule has 3 rings (SSSR count). The van der Waals surface area contributed by atoms with Crippen LogP contribution in [0.2, 0.25) is 0 Å². The summed E-state index contributed by atoms with van der Waals surface area (Å²) in [5.74, 6) is -1.72.